The fraction of sp³-hybridized carbons (Fsp3) is 0.238. The number of hydrogen-bond acceptors (Lipinski definition) is 6. The van der Waals surface area contributed by atoms with Crippen molar-refractivity contribution >= 4 is 23.5 Å². The Bertz CT molecular complexity index is 916. The van der Waals surface area contributed by atoms with Crippen molar-refractivity contribution in [1.82, 2.24) is 20.3 Å². The van der Waals surface area contributed by atoms with Crippen molar-refractivity contribution in [3.8, 4) is 0 Å². The summed E-state index contributed by atoms with van der Waals surface area (Å²) in [6, 6.07) is 17.8. The van der Waals surface area contributed by atoms with Crippen LogP contribution in [0.4, 0.5) is 17.6 Å². The summed E-state index contributed by atoms with van der Waals surface area (Å²) in [6.45, 7) is 2.10. The Labute approximate surface area is 164 Å². The fourth-order valence-electron chi connectivity index (χ4n) is 2.76. The number of anilines is 3. The Morgan fingerprint density at radius 3 is 2.61 bits per heavy atom. The largest absolute Gasteiger partial charge is 0.355 e. The van der Waals surface area contributed by atoms with Crippen molar-refractivity contribution in [2.24, 2.45) is 0 Å². The zero-order chi connectivity index (χ0) is 19.8. The van der Waals surface area contributed by atoms with Crippen LogP contribution in [0.5, 0.6) is 0 Å². The quantitative estimate of drug-likeness (QED) is 0.558. The maximum atomic E-state index is 11.8. The highest BCUT2D eigenvalue weighted by atomic mass is 16.1. The van der Waals surface area contributed by atoms with Crippen LogP contribution in [0.2, 0.25) is 0 Å². The van der Waals surface area contributed by atoms with E-state index in [-0.39, 0.29) is 11.9 Å². The second-order valence-electron chi connectivity index (χ2n) is 6.49. The smallest absolute Gasteiger partial charge is 0.251 e. The highest BCUT2D eigenvalue weighted by Gasteiger charge is 2.08. The molecular formula is C21H24N6O. The molecule has 0 unspecified atom stereocenters. The van der Waals surface area contributed by atoms with Gasteiger partial charge in [-0.3, -0.25) is 4.79 Å². The number of benzene rings is 2. The number of amides is 1. The van der Waals surface area contributed by atoms with Crippen LogP contribution in [-0.4, -0.2) is 33.9 Å². The lowest BCUT2D eigenvalue weighted by Crippen LogP contribution is -2.18. The van der Waals surface area contributed by atoms with Gasteiger partial charge in [0.1, 0.15) is 6.33 Å². The van der Waals surface area contributed by atoms with E-state index in [0.29, 0.717) is 17.5 Å². The summed E-state index contributed by atoms with van der Waals surface area (Å²) >= 11 is 0. The lowest BCUT2D eigenvalue weighted by molar-refractivity contribution is 0.0963. The van der Waals surface area contributed by atoms with Gasteiger partial charge in [-0.05, 0) is 43.5 Å². The van der Waals surface area contributed by atoms with Crippen molar-refractivity contribution in [2.75, 3.05) is 17.7 Å². The van der Waals surface area contributed by atoms with Gasteiger partial charge in [0, 0.05) is 24.3 Å². The third-order valence-corrected chi connectivity index (χ3v) is 4.26. The first-order valence-electron chi connectivity index (χ1n) is 9.22. The van der Waals surface area contributed by atoms with E-state index < -0.39 is 0 Å². The van der Waals surface area contributed by atoms with E-state index in [2.05, 4.69) is 62.1 Å². The molecule has 3 rings (SSSR count). The average molecular weight is 376 g/mol. The van der Waals surface area contributed by atoms with Crippen molar-refractivity contribution in [2.45, 2.75) is 25.8 Å². The van der Waals surface area contributed by atoms with Crippen LogP contribution >= 0.6 is 0 Å². The number of rotatable bonds is 8. The molecule has 0 aliphatic heterocycles. The Balaban J connectivity index is 1.60. The lowest BCUT2D eigenvalue weighted by Gasteiger charge is -2.14. The number of aromatic nitrogens is 3. The van der Waals surface area contributed by atoms with Crippen molar-refractivity contribution < 1.29 is 4.79 Å². The molecule has 0 aliphatic rings. The van der Waals surface area contributed by atoms with Gasteiger partial charge in [-0.15, -0.1) is 0 Å². The Morgan fingerprint density at radius 1 is 1.04 bits per heavy atom. The third kappa shape index (κ3) is 5.51. The highest BCUT2D eigenvalue weighted by Crippen LogP contribution is 2.16. The summed E-state index contributed by atoms with van der Waals surface area (Å²) in [5.41, 5.74) is 2.61. The number of carbonyl (C=O) groups is 1. The second kappa shape index (κ2) is 9.45. The average Bonchev–Trinajstić information content (AvgIpc) is 2.73. The summed E-state index contributed by atoms with van der Waals surface area (Å²) in [7, 11) is 1.60. The number of aryl methyl sites for hydroxylation is 1. The van der Waals surface area contributed by atoms with Gasteiger partial charge in [0.25, 0.3) is 5.91 Å². The SMILES string of the molecule is CNC(=O)c1cccc(Nc2ncnc(N[C@@H](C)CCc3ccccc3)n2)c1. The van der Waals surface area contributed by atoms with Crippen molar-refractivity contribution in [1.29, 1.82) is 0 Å². The van der Waals surface area contributed by atoms with Gasteiger partial charge in [0.15, 0.2) is 0 Å². The minimum Gasteiger partial charge on any atom is -0.355 e. The molecule has 1 atom stereocenters. The van der Waals surface area contributed by atoms with Crippen LogP contribution in [0.15, 0.2) is 60.9 Å². The molecule has 3 aromatic rings. The van der Waals surface area contributed by atoms with Gasteiger partial charge in [-0.1, -0.05) is 36.4 Å². The van der Waals surface area contributed by atoms with Crippen LogP contribution in [0.25, 0.3) is 0 Å². The molecule has 3 N–H and O–H groups in total. The van der Waals surface area contributed by atoms with Gasteiger partial charge in [0.2, 0.25) is 11.9 Å². The topological polar surface area (TPSA) is 91.8 Å². The number of nitrogens with zero attached hydrogens (tertiary/aromatic N) is 3. The first-order chi connectivity index (χ1) is 13.6. The van der Waals surface area contributed by atoms with E-state index in [9.17, 15) is 4.79 Å². The van der Waals surface area contributed by atoms with Gasteiger partial charge < -0.3 is 16.0 Å². The van der Waals surface area contributed by atoms with E-state index in [1.807, 2.05) is 12.1 Å². The normalized spacial score (nSPS) is 11.5. The van der Waals surface area contributed by atoms with Crippen molar-refractivity contribution in [3.05, 3.63) is 72.1 Å². The summed E-state index contributed by atoms with van der Waals surface area (Å²) in [5, 5.41) is 9.03. The minimum absolute atomic E-state index is 0.145. The van der Waals surface area contributed by atoms with Crippen LogP contribution in [-0.2, 0) is 6.42 Å². The fourth-order valence-corrected chi connectivity index (χ4v) is 2.76. The standard InChI is InChI=1S/C21H24N6O/c1-15(11-12-16-7-4-3-5-8-16)25-20-23-14-24-21(27-20)26-18-10-6-9-17(13-18)19(28)22-2/h3-10,13-15H,11-12H2,1-2H3,(H,22,28)(H2,23,24,25,26,27)/t15-/m0/s1. The zero-order valence-electron chi connectivity index (χ0n) is 16.0. The number of hydrogen-bond donors (Lipinski definition) is 3. The van der Waals surface area contributed by atoms with E-state index in [1.54, 1.807) is 25.2 Å². The summed E-state index contributed by atoms with van der Waals surface area (Å²) in [6.07, 6.45) is 3.41. The molecule has 0 saturated carbocycles. The molecule has 0 aliphatic carbocycles. The molecule has 1 aromatic heterocycles. The first-order valence-corrected chi connectivity index (χ1v) is 9.22. The molecule has 28 heavy (non-hydrogen) atoms. The summed E-state index contributed by atoms with van der Waals surface area (Å²) < 4.78 is 0. The molecule has 144 valence electrons. The monoisotopic (exact) mass is 376 g/mol. The number of nitrogens with one attached hydrogen (secondary N) is 3. The van der Waals surface area contributed by atoms with Crippen molar-refractivity contribution in [3.63, 3.8) is 0 Å². The molecule has 0 radical (unpaired) electrons. The molecule has 1 amide bonds. The zero-order valence-corrected chi connectivity index (χ0v) is 16.0. The van der Waals surface area contributed by atoms with Gasteiger partial charge >= 0.3 is 0 Å². The number of carbonyl (C=O) groups excluding carboxylic acids is 1. The van der Waals surface area contributed by atoms with E-state index in [1.165, 1.54) is 11.9 Å². The molecule has 0 saturated heterocycles. The molecule has 0 bridgehead atoms. The highest BCUT2D eigenvalue weighted by molar-refractivity contribution is 5.95. The maximum Gasteiger partial charge on any atom is 0.251 e. The summed E-state index contributed by atoms with van der Waals surface area (Å²) in [4.78, 5) is 24.5. The van der Waals surface area contributed by atoms with Crippen LogP contribution in [0, 0.1) is 0 Å². The predicted octanol–water partition coefficient (Wildman–Crippen LogP) is 3.41. The van der Waals surface area contributed by atoms with Gasteiger partial charge in [0.05, 0.1) is 0 Å². The van der Waals surface area contributed by atoms with E-state index >= 15 is 0 Å². The van der Waals surface area contributed by atoms with Crippen LogP contribution < -0.4 is 16.0 Å². The predicted molar refractivity (Wildman–Crippen MR) is 111 cm³/mol. The van der Waals surface area contributed by atoms with Gasteiger partial charge in [-0.25, -0.2) is 9.97 Å². The molecule has 7 nitrogen and oxygen atoms in total. The molecule has 7 heteroatoms. The Hall–Kier alpha value is -3.48. The molecular weight excluding hydrogens is 352 g/mol. The Morgan fingerprint density at radius 2 is 1.82 bits per heavy atom. The lowest BCUT2D eigenvalue weighted by atomic mass is 10.1. The van der Waals surface area contributed by atoms with Crippen LogP contribution in [0.1, 0.15) is 29.3 Å². The molecule has 2 aromatic carbocycles. The van der Waals surface area contributed by atoms with E-state index in [0.717, 1.165) is 18.5 Å². The van der Waals surface area contributed by atoms with Crippen LogP contribution in [0.3, 0.4) is 0 Å². The minimum atomic E-state index is -0.145. The maximum absolute atomic E-state index is 11.8. The molecule has 1 heterocycles. The van der Waals surface area contributed by atoms with E-state index in [4.69, 9.17) is 0 Å². The summed E-state index contributed by atoms with van der Waals surface area (Å²) in [5.74, 6) is 0.788. The Kier molecular flexibility index (Phi) is 6.51. The molecule has 0 spiro atoms. The third-order valence-electron chi connectivity index (χ3n) is 4.26. The van der Waals surface area contributed by atoms with Gasteiger partial charge in [-0.2, -0.15) is 4.98 Å². The second-order valence-corrected chi connectivity index (χ2v) is 6.49. The first kappa shape index (κ1) is 19.3. The molecule has 0 fully saturated rings.